The molecule has 0 saturated carbocycles. The van der Waals surface area contributed by atoms with Gasteiger partial charge in [0.1, 0.15) is 0 Å². The number of rotatable bonds is 6. The van der Waals surface area contributed by atoms with Crippen molar-refractivity contribution in [3.63, 3.8) is 0 Å². The van der Waals surface area contributed by atoms with Crippen molar-refractivity contribution in [2.45, 2.75) is 45.7 Å². The number of carbonyl (C=O) groups is 1. The van der Waals surface area contributed by atoms with E-state index in [0.717, 1.165) is 24.3 Å². The number of carbonyl (C=O) groups excluding carboxylic acids is 1. The molecule has 0 aromatic carbocycles. The van der Waals surface area contributed by atoms with E-state index in [1.54, 1.807) is 13.0 Å². The van der Waals surface area contributed by atoms with Crippen LogP contribution in [-0.2, 0) is 6.54 Å². The van der Waals surface area contributed by atoms with Crippen LogP contribution in [0.5, 0.6) is 0 Å². The summed E-state index contributed by atoms with van der Waals surface area (Å²) in [4.78, 5) is 16.1. The van der Waals surface area contributed by atoms with Crippen LogP contribution < -0.4 is 11.2 Å². The van der Waals surface area contributed by atoms with Gasteiger partial charge in [-0.2, -0.15) is 9.78 Å². The summed E-state index contributed by atoms with van der Waals surface area (Å²) >= 11 is 7.35. The number of amides is 1. The highest BCUT2D eigenvalue weighted by atomic mass is 35.5. The number of nitrogens with one attached hydrogen (secondary N) is 1. The Bertz CT molecular complexity index is 1110. The zero-order valence-corrected chi connectivity index (χ0v) is 18.7. The van der Waals surface area contributed by atoms with Gasteiger partial charge in [-0.1, -0.05) is 23.2 Å². The highest BCUT2D eigenvalue weighted by Crippen LogP contribution is 2.23. The van der Waals surface area contributed by atoms with Crippen molar-refractivity contribution in [3.05, 3.63) is 32.7 Å². The molecule has 164 valence electrons. The zero-order valence-electron chi connectivity index (χ0n) is 17.1. The van der Waals surface area contributed by atoms with E-state index in [4.69, 9.17) is 22.0 Å². The van der Waals surface area contributed by atoms with Crippen LogP contribution in [0.4, 0.5) is 5.82 Å². The average Bonchev–Trinajstić information content (AvgIpc) is 3.47. The number of nitrogens with two attached hydrogens (primary N) is 1. The molecular formula is C18H22ClN9O2S. The molecule has 1 saturated heterocycles. The summed E-state index contributed by atoms with van der Waals surface area (Å²) in [6, 6.07) is 3.99. The van der Waals surface area contributed by atoms with E-state index in [0.29, 0.717) is 28.3 Å². The van der Waals surface area contributed by atoms with Crippen molar-refractivity contribution in [2.75, 3.05) is 12.3 Å². The Kier molecular flexibility index (Phi) is 6.30. The number of nitrogen functional groups attached to an aromatic ring is 1. The lowest BCUT2D eigenvalue weighted by atomic mass is 10.0. The van der Waals surface area contributed by atoms with Gasteiger partial charge in [-0.05, 0) is 55.7 Å². The van der Waals surface area contributed by atoms with E-state index < -0.39 is 5.91 Å². The second-order valence-corrected chi connectivity index (χ2v) is 9.04. The number of thiophene rings is 1. The van der Waals surface area contributed by atoms with Gasteiger partial charge >= 0.3 is 0 Å². The number of hydrogen-bond donors (Lipinski definition) is 2. The molecule has 1 atom stereocenters. The molecule has 3 N–H and O–H groups in total. The maximum Gasteiger partial charge on any atom is 0.293 e. The second kappa shape index (κ2) is 9.12. The molecule has 3 aromatic heterocycles. The monoisotopic (exact) mass is 463 g/mol. The largest absolute Gasteiger partial charge is 0.378 e. The number of piperidine rings is 1. The van der Waals surface area contributed by atoms with Crippen LogP contribution in [0.25, 0.3) is 5.82 Å². The number of aromatic nitrogens is 5. The lowest BCUT2D eigenvalue weighted by Crippen LogP contribution is -2.38. The predicted octanol–water partition coefficient (Wildman–Crippen LogP) is 2.48. The molecule has 0 aliphatic carbocycles. The third-order valence-corrected chi connectivity index (χ3v) is 6.56. The van der Waals surface area contributed by atoms with Gasteiger partial charge in [0.2, 0.25) is 11.6 Å². The Hall–Kier alpha value is -2.83. The SMILES string of the molecule is C/C(=N/NC(=O)c1nnn(-c2nonc2N)c1CN1CCCCC1C)c1ccc(Cl)s1. The van der Waals surface area contributed by atoms with Crippen LogP contribution >= 0.6 is 22.9 Å². The fraction of sp³-hybridized carbons (Fsp3) is 0.444. The summed E-state index contributed by atoms with van der Waals surface area (Å²) in [5, 5.41) is 19.8. The van der Waals surface area contributed by atoms with Gasteiger partial charge in [0.25, 0.3) is 5.91 Å². The lowest BCUT2D eigenvalue weighted by molar-refractivity contribution is 0.0944. The fourth-order valence-electron chi connectivity index (χ4n) is 3.46. The van der Waals surface area contributed by atoms with Crippen molar-refractivity contribution < 1.29 is 9.42 Å². The van der Waals surface area contributed by atoms with Gasteiger partial charge < -0.3 is 5.73 Å². The van der Waals surface area contributed by atoms with E-state index in [9.17, 15) is 4.79 Å². The van der Waals surface area contributed by atoms with Crippen molar-refractivity contribution in [1.82, 2.24) is 35.6 Å². The van der Waals surface area contributed by atoms with Crippen LogP contribution in [0, 0.1) is 0 Å². The first-order valence-electron chi connectivity index (χ1n) is 9.81. The minimum atomic E-state index is -0.483. The highest BCUT2D eigenvalue weighted by molar-refractivity contribution is 7.18. The Labute approximate surface area is 187 Å². The van der Waals surface area contributed by atoms with Gasteiger partial charge in [0, 0.05) is 12.6 Å². The molecule has 1 amide bonds. The van der Waals surface area contributed by atoms with Gasteiger partial charge in [0.15, 0.2) is 5.69 Å². The Morgan fingerprint density at radius 2 is 2.26 bits per heavy atom. The molecule has 0 bridgehead atoms. The van der Waals surface area contributed by atoms with E-state index in [1.165, 1.54) is 22.4 Å². The first-order valence-corrected chi connectivity index (χ1v) is 11.0. The van der Waals surface area contributed by atoms with E-state index in [1.807, 2.05) is 6.07 Å². The summed E-state index contributed by atoms with van der Waals surface area (Å²) in [5.74, 6) is -0.227. The molecule has 1 aliphatic heterocycles. The summed E-state index contributed by atoms with van der Waals surface area (Å²) in [6.07, 6.45) is 3.36. The zero-order chi connectivity index (χ0) is 22.0. The number of hydrogen-bond acceptors (Lipinski definition) is 10. The van der Waals surface area contributed by atoms with Gasteiger partial charge in [-0.3, -0.25) is 9.69 Å². The van der Waals surface area contributed by atoms with E-state index in [-0.39, 0.29) is 17.3 Å². The average molecular weight is 464 g/mol. The van der Waals surface area contributed by atoms with Gasteiger partial charge in [-0.25, -0.2) is 10.1 Å². The molecule has 1 unspecified atom stereocenters. The van der Waals surface area contributed by atoms with Crippen molar-refractivity contribution in [3.8, 4) is 5.82 Å². The van der Waals surface area contributed by atoms with Crippen LogP contribution in [0.15, 0.2) is 21.9 Å². The molecule has 0 spiro atoms. The minimum absolute atomic E-state index is 0.0632. The fourth-order valence-corrected chi connectivity index (χ4v) is 4.45. The minimum Gasteiger partial charge on any atom is -0.378 e. The van der Waals surface area contributed by atoms with Crippen LogP contribution in [-0.4, -0.2) is 54.4 Å². The standard InChI is InChI=1S/C18H22ClN9O2S/c1-10-5-3-4-8-27(10)9-12-15(22-26-28(12)17-16(20)24-30-25-17)18(29)23-21-11(2)13-6-7-14(19)31-13/h6-7,10H,3-5,8-9H2,1-2H3,(H2,20,24)(H,23,29)/b21-11-. The Morgan fingerprint density at radius 3 is 2.94 bits per heavy atom. The van der Waals surface area contributed by atoms with Crippen molar-refractivity contribution >= 4 is 40.4 Å². The van der Waals surface area contributed by atoms with Gasteiger partial charge in [0.05, 0.1) is 20.6 Å². The molecule has 11 nitrogen and oxygen atoms in total. The smallest absolute Gasteiger partial charge is 0.293 e. The maximum absolute atomic E-state index is 12.9. The highest BCUT2D eigenvalue weighted by Gasteiger charge is 2.28. The van der Waals surface area contributed by atoms with Crippen molar-refractivity contribution in [1.29, 1.82) is 0 Å². The summed E-state index contributed by atoms with van der Waals surface area (Å²) in [6.45, 7) is 5.32. The van der Waals surface area contributed by atoms with E-state index in [2.05, 4.69) is 43.0 Å². The number of anilines is 1. The third kappa shape index (κ3) is 4.60. The molecule has 4 rings (SSSR count). The Balaban J connectivity index is 1.62. The predicted molar refractivity (Wildman–Crippen MR) is 116 cm³/mol. The lowest BCUT2D eigenvalue weighted by Gasteiger charge is -2.33. The quantitative estimate of drug-likeness (QED) is 0.419. The second-order valence-electron chi connectivity index (χ2n) is 7.33. The number of halogens is 1. The van der Waals surface area contributed by atoms with Crippen LogP contribution in [0.2, 0.25) is 4.34 Å². The summed E-state index contributed by atoms with van der Waals surface area (Å²) in [7, 11) is 0. The topological polar surface area (TPSA) is 140 Å². The van der Waals surface area contributed by atoms with Crippen LogP contribution in [0.1, 0.15) is 54.2 Å². The molecule has 31 heavy (non-hydrogen) atoms. The van der Waals surface area contributed by atoms with Gasteiger partial charge in [-0.15, -0.1) is 16.4 Å². The number of hydrazone groups is 1. The first-order chi connectivity index (χ1) is 14.9. The Morgan fingerprint density at radius 1 is 1.42 bits per heavy atom. The first kappa shape index (κ1) is 21.4. The molecule has 0 radical (unpaired) electrons. The maximum atomic E-state index is 12.9. The molecule has 1 fully saturated rings. The summed E-state index contributed by atoms with van der Waals surface area (Å²) < 4.78 is 6.76. The molecule has 1 aliphatic rings. The van der Waals surface area contributed by atoms with E-state index >= 15 is 0 Å². The normalized spacial score (nSPS) is 17.8. The number of nitrogens with zero attached hydrogens (tertiary/aromatic N) is 7. The molecule has 3 aromatic rings. The summed E-state index contributed by atoms with van der Waals surface area (Å²) in [5.41, 5.74) is 9.72. The molecule has 13 heteroatoms. The number of likely N-dealkylation sites (tertiary alicyclic amines) is 1. The molecular weight excluding hydrogens is 442 g/mol. The van der Waals surface area contributed by atoms with Crippen molar-refractivity contribution in [2.24, 2.45) is 5.10 Å². The van der Waals surface area contributed by atoms with Crippen LogP contribution in [0.3, 0.4) is 0 Å². The molecule has 4 heterocycles. The third-order valence-electron chi connectivity index (χ3n) is 5.22.